The van der Waals surface area contributed by atoms with Crippen LogP contribution in [0.25, 0.3) is 0 Å². The summed E-state index contributed by atoms with van der Waals surface area (Å²) in [4.78, 5) is 7.39. The van der Waals surface area contributed by atoms with E-state index in [-0.39, 0.29) is 11.7 Å². The predicted octanol–water partition coefficient (Wildman–Crippen LogP) is -1.15. The molecule has 1 aliphatic heterocycles. The Hall–Kier alpha value is -1.70. The van der Waals surface area contributed by atoms with Crippen LogP contribution in [0.15, 0.2) is 16.9 Å². The van der Waals surface area contributed by atoms with Crippen LogP contribution in [0.5, 0.6) is 0 Å². The second-order valence-corrected chi connectivity index (χ2v) is 3.68. The zero-order valence-corrected chi connectivity index (χ0v) is 7.11. The molecule has 0 aliphatic carbocycles. The SMILES string of the molecule is NC1=NS(=O)(=O)Nc2ncncc21. The molecule has 1 aromatic heterocycles. The Morgan fingerprint density at radius 2 is 2.23 bits per heavy atom. The highest BCUT2D eigenvalue weighted by molar-refractivity contribution is 7.91. The molecule has 0 aromatic carbocycles. The molecule has 13 heavy (non-hydrogen) atoms. The maximum atomic E-state index is 11.0. The zero-order valence-electron chi connectivity index (χ0n) is 6.30. The van der Waals surface area contributed by atoms with Gasteiger partial charge in [-0.05, 0) is 0 Å². The van der Waals surface area contributed by atoms with E-state index in [1.54, 1.807) is 0 Å². The number of hydrogen-bond donors (Lipinski definition) is 2. The first-order chi connectivity index (χ1) is 6.08. The number of nitrogens with one attached hydrogen (secondary N) is 1. The average Bonchev–Trinajstić information content (AvgIpc) is 2.02. The summed E-state index contributed by atoms with van der Waals surface area (Å²) in [5.41, 5.74) is 5.76. The van der Waals surface area contributed by atoms with Crippen molar-refractivity contribution in [1.29, 1.82) is 0 Å². The number of anilines is 1. The molecule has 3 N–H and O–H groups in total. The number of aromatic nitrogens is 2. The minimum Gasteiger partial charge on any atom is -0.382 e. The van der Waals surface area contributed by atoms with Crippen LogP contribution in [0.1, 0.15) is 5.56 Å². The molecule has 0 bridgehead atoms. The summed E-state index contributed by atoms with van der Waals surface area (Å²) in [6.07, 6.45) is 2.61. The van der Waals surface area contributed by atoms with Crippen molar-refractivity contribution in [3.63, 3.8) is 0 Å². The smallest absolute Gasteiger partial charge is 0.345 e. The Balaban J connectivity index is 2.68. The van der Waals surface area contributed by atoms with Gasteiger partial charge in [0.15, 0.2) is 11.7 Å². The van der Waals surface area contributed by atoms with Crippen LogP contribution < -0.4 is 10.5 Å². The van der Waals surface area contributed by atoms with Crippen LogP contribution in [0, 0.1) is 0 Å². The lowest BCUT2D eigenvalue weighted by Gasteiger charge is -2.12. The highest BCUT2D eigenvalue weighted by Crippen LogP contribution is 2.16. The van der Waals surface area contributed by atoms with Crippen LogP contribution in [0.4, 0.5) is 5.82 Å². The third-order valence-corrected chi connectivity index (χ3v) is 2.32. The van der Waals surface area contributed by atoms with Gasteiger partial charge in [-0.25, -0.2) is 14.7 Å². The summed E-state index contributed by atoms with van der Waals surface area (Å²) in [5.74, 6) is 0.0526. The van der Waals surface area contributed by atoms with E-state index in [2.05, 4.69) is 19.1 Å². The molecule has 0 spiro atoms. The Bertz CT molecular complexity index is 479. The number of nitrogens with two attached hydrogens (primary N) is 1. The van der Waals surface area contributed by atoms with Crippen molar-refractivity contribution in [2.75, 3.05) is 4.72 Å². The summed E-state index contributed by atoms with van der Waals surface area (Å²) >= 11 is 0. The summed E-state index contributed by atoms with van der Waals surface area (Å²) in [7, 11) is -3.72. The summed E-state index contributed by atoms with van der Waals surface area (Å²) in [5, 5.41) is 0. The lowest BCUT2D eigenvalue weighted by molar-refractivity contribution is 0.602. The van der Waals surface area contributed by atoms with Crippen molar-refractivity contribution in [3.05, 3.63) is 18.1 Å². The molecule has 8 heteroatoms. The zero-order chi connectivity index (χ0) is 9.47. The fraction of sp³-hybridized carbons (Fsp3) is 0. The first-order valence-electron chi connectivity index (χ1n) is 3.27. The van der Waals surface area contributed by atoms with Crippen molar-refractivity contribution in [1.82, 2.24) is 9.97 Å². The third-order valence-electron chi connectivity index (χ3n) is 1.43. The van der Waals surface area contributed by atoms with E-state index >= 15 is 0 Å². The average molecular weight is 199 g/mol. The first-order valence-corrected chi connectivity index (χ1v) is 4.71. The molecule has 0 radical (unpaired) electrons. The number of fused-ring (bicyclic) bond motifs is 1. The molecule has 0 saturated heterocycles. The Labute approximate surface area is 73.9 Å². The molecule has 0 fully saturated rings. The van der Waals surface area contributed by atoms with E-state index in [9.17, 15) is 8.42 Å². The lowest BCUT2D eigenvalue weighted by Crippen LogP contribution is -2.27. The highest BCUT2D eigenvalue weighted by atomic mass is 32.2. The Morgan fingerprint density at radius 3 is 3.00 bits per heavy atom. The molecule has 1 aliphatic rings. The van der Waals surface area contributed by atoms with Gasteiger partial charge in [0, 0.05) is 6.20 Å². The van der Waals surface area contributed by atoms with Crippen molar-refractivity contribution in [2.45, 2.75) is 0 Å². The molecule has 0 unspecified atom stereocenters. The molecule has 0 amide bonds. The molecule has 2 rings (SSSR count). The lowest BCUT2D eigenvalue weighted by atomic mass is 10.3. The number of amidine groups is 1. The van der Waals surface area contributed by atoms with Gasteiger partial charge in [-0.3, -0.25) is 0 Å². The molecule has 0 saturated carbocycles. The monoisotopic (exact) mass is 199 g/mol. The molecule has 7 nitrogen and oxygen atoms in total. The fourth-order valence-electron chi connectivity index (χ4n) is 0.922. The van der Waals surface area contributed by atoms with E-state index in [1.165, 1.54) is 12.5 Å². The van der Waals surface area contributed by atoms with Gasteiger partial charge in [-0.2, -0.15) is 8.42 Å². The largest absolute Gasteiger partial charge is 0.382 e. The molecular weight excluding hydrogens is 194 g/mol. The van der Waals surface area contributed by atoms with Gasteiger partial charge >= 0.3 is 10.2 Å². The van der Waals surface area contributed by atoms with Crippen LogP contribution in [0.2, 0.25) is 0 Å². The quantitative estimate of drug-likeness (QED) is 0.548. The van der Waals surface area contributed by atoms with Gasteiger partial charge < -0.3 is 5.73 Å². The predicted molar refractivity (Wildman–Crippen MR) is 45.3 cm³/mol. The van der Waals surface area contributed by atoms with E-state index in [1.807, 2.05) is 0 Å². The minimum absolute atomic E-state index is 0.102. The third kappa shape index (κ3) is 1.31. The van der Waals surface area contributed by atoms with E-state index < -0.39 is 10.2 Å². The van der Waals surface area contributed by atoms with Crippen LogP contribution in [-0.2, 0) is 10.2 Å². The number of rotatable bonds is 0. The van der Waals surface area contributed by atoms with Gasteiger partial charge in [-0.1, -0.05) is 0 Å². The second kappa shape index (κ2) is 2.39. The number of nitrogens with zero attached hydrogens (tertiary/aromatic N) is 3. The van der Waals surface area contributed by atoms with Crippen molar-refractivity contribution < 1.29 is 8.42 Å². The van der Waals surface area contributed by atoms with E-state index in [0.29, 0.717) is 5.56 Å². The van der Waals surface area contributed by atoms with Gasteiger partial charge in [0.2, 0.25) is 0 Å². The van der Waals surface area contributed by atoms with Gasteiger partial charge in [0.05, 0.1) is 5.56 Å². The summed E-state index contributed by atoms with van der Waals surface area (Å²) in [6.45, 7) is 0. The molecule has 2 heterocycles. The van der Waals surface area contributed by atoms with Crippen molar-refractivity contribution >= 4 is 21.9 Å². The van der Waals surface area contributed by atoms with Gasteiger partial charge in [0.1, 0.15) is 6.33 Å². The summed E-state index contributed by atoms with van der Waals surface area (Å²) in [6, 6.07) is 0. The molecular formula is C5H5N5O2S. The topological polar surface area (TPSA) is 110 Å². The maximum absolute atomic E-state index is 11.0. The Kier molecular flexibility index (Phi) is 1.46. The van der Waals surface area contributed by atoms with Gasteiger partial charge in [0.25, 0.3) is 0 Å². The number of hydrogen-bond acceptors (Lipinski definition) is 5. The normalized spacial score (nSPS) is 18.3. The highest BCUT2D eigenvalue weighted by Gasteiger charge is 2.21. The minimum atomic E-state index is -3.72. The van der Waals surface area contributed by atoms with E-state index in [0.717, 1.165) is 0 Å². The van der Waals surface area contributed by atoms with Crippen LogP contribution in [-0.4, -0.2) is 24.2 Å². The Morgan fingerprint density at radius 1 is 1.46 bits per heavy atom. The molecule has 1 aromatic rings. The van der Waals surface area contributed by atoms with Crippen molar-refractivity contribution in [3.8, 4) is 0 Å². The second-order valence-electron chi connectivity index (χ2n) is 2.34. The van der Waals surface area contributed by atoms with Crippen LogP contribution in [0.3, 0.4) is 0 Å². The standard InChI is InChI=1S/C5H5N5O2S/c6-4-3-1-7-2-8-5(3)10-13(11,12)9-4/h1-2H,(H2,6,9)(H,7,8,10). The van der Waals surface area contributed by atoms with Crippen LogP contribution >= 0.6 is 0 Å². The molecule has 68 valence electrons. The summed E-state index contributed by atoms with van der Waals surface area (Å²) < 4.78 is 27.3. The first kappa shape index (κ1) is 7.92. The molecule has 0 atom stereocenters. The maximum Gasteiger partial charge on any atom is 0.345 e. The van der Waals surface area contributed by atoms with Gasteiger partial charge in [-0.15, -0.1) is 4.40 Å². The fourth-order valence-corrected chi connectivity index (χ4v) is 1.73. The van der Waals surface area contributed by atoms with Crippen molar-refractivity contribution in [2.24, 2.45) is 10.1 Å². The van der Waals surface area contributed by atoms with E-state index in [4.69, 9.17) is 5.73 Å².